The van der Waals surface area contributed by atoms with Crippen molar-refractivity contribution in [3.8, 4) is 11.5 Å². The van der Waals surface area contributed by atoms with Gasteiger partial charge in [-0.1, -0.05) is 0 Å². The minimum atomic E-state index is -1.19. The topological polar surface area (TPSA) is 89.2 Å². The Morgan fingerprint density at radius 2 is 1.75 bits per heavy atom. The predicted molar refractivity (Wildman–Crippen MR) is 107 cm³/mol. The number of hydrogen-bond acceptors (Lipinski definition) is 6. The Balaban J connectivity index is 1.67. The summed E-state index contributed by atoms with van der Waals surface area (Å²) in [6, 6.07) is 9.29. The summed E-state index contributed by atoms with van der Waals surface area (Å²) in [6.07, 6.45) is 1.34. The summed E-state index contributed by atoms with van der Waals surface area (Å²) >= 11 is 0. The molecule has 1 saturated heterocycles. The van der Waals surface area contributed by atoms with Crippen molar-refractivity contribution in [2.45, 2.75) is 6.04 Å². The minimum absolute atomic E-state index is 0.0615. The van der Waals surface area contributed by atoms with Crippen molar-refractivity contribution in [2.75, 3.05) is 18.1 Å². The van der Waals surface area contributed by atoms with Crippen LogP contribution in [0.4, 0.5) is 14.5 Å². The molecule has 2 aliphatic heterocycles. The van der Waals surface area contributed by atoms with Gasteiger partial charge in [0.25, 0.3) is 11.7 Å². The van der Waals surface area contributed by atoms with Crippen LogP contribution in [0.1, 0.15) is 17.4 Å². The van der Waals surface area contributed by atoms with E-state index in [1.807, 2.05) is 0 Å². The molecule has 0 radical (unpaired) electrons. The molecular formula is C23H15F2NO6. The van der Waals surface area contributed by atoms with Crippen LogP contribution in [0.5, 0.6) is 11.5 Å². The number of Topliss-reactive ketones (excluding diaryl/α,β-unsaturated/α-hetero) is 1. The molecule has 1 aromatic heterocycles. The van der Waals surface area contributed by atoms with E-state index in [2.05, 4.69) is 0 Å². The number of amides is 1. The number of aliphatic hydroxyl groups is 1. The number of fused-ring (bicyclic) bond motifs is 1. The lowest BCUT2D eigenvalue weighted by Crippen LogP contribution is -2.29. The van der Waals surface area contributed by atoms with Gasteiger partial charge in [0.1, 0.15) is 30.8 Å². The van der Waals surface area contributed by atoms with Crippen LogP contribution in [-0.4, -0.2) is 30.0 Å². The molecule has 0 aliphatic carbocycles. The second kappa shape index (κ2) is 7.52. The third kappa shape index (κ3) is 3.09. The van der Waals surface area contributed by atoms with Crippen molar-refractivity contribution < 1.29 is 37.4 Å². The first-order valence-corrected chi connectivity index (χ1v) is 9.65. The van der Waals surface area contributed by atoms with Crippen LogP contribution < -0.4 is 14.4 Å². The fraction of sp³-hybridized carbons (Fsp3) is 0.130. The summed E-state index contributed by atoms with van der Waals surface area (Å²) in [5.74, 6) is -3.74. The number of furan rings is 1. The van der Waals surface area contributed by atoms with Crippen molar-refractivity contribution >= 4 is 23.1 Å². The molecule has 7 nitrogen and oxygen atoms in total. The van der Waals surface area contributed by atoms with Crippen LogP contribution in [0.3, 0.4) is 0 Å². The zero-order chi connectivity index (χ0) is 22.4. The smallest absolute Gasteiger partial charge is 0.300 e. The number of aliphatic hydroxyl groups excluding tert-OH is 1. The molecule has 3 heterocycles. The second-order valence-electron chi connectivity index (χ2n) is 7.14. The third-order valence-electron chi connectivity index (χ3n) is 5.25. The maximum atomic E-state index is 13.9. The van der Waals surface area contributed by atoms with Gasteiger partial charge in [-0.15, -0.1) is 0 Å². The van der Waals surface area contributed by atoms with Gasteiger partial charge in [-0.2, -0.15) is 0 Å². The molecule has 2 aromatic carbocycles. The van der Waals surface area contributed by atoms with E-state index in [4.69, 9.17) is 13.9 Å². The maximum absolute atomic E-state index is 13.9. The van der Waals surface area contributed by atoms with E-state index in [1.54, 1.807) is 12.1 Å². The average molecular weight is 439 g/mol. The molecule has 0 spiro atoms. The van der Waals surface area contributed by atoms with Crippen molar-refractivity contribution in [2.24, 2.45) is 0 Å². The Kier molecular flexibility index (Phi) is 4.66. The van der Waals surface area contributed by atoms with Gasteiger partial charge in [-0.25, -0.2) is 8.78 Å². The van der Waals surface area contributed by atoms with E-state index in [0.29, 0.717) is 24.7 Å². The summed E-state index contributed by atoms with van der Waals surface area (Å²) in [4.78, 5) is 26.9. The number of rotatable bonds is 3. The van der Waals surface area contributed by atoms with Crippen LogP contribution in [0.2, 0.25) is 0 Å². The number of ether oxygens (including phenoxy) is 2. The highest BCUT2D eigenvalue weighted by Crippen LogP contribution is 2.43. The lowest BCUT2D eigenvalue weighted by Gasteiger charge is -2.23. The molecule has 9 heteroatoms. The number of carbonyl (C=O) groups excluding carboxylic acids is 2. The SMILES string of the molecule is O=C1C(=O)N(c2ccc(F)c(F)c2)C(c2ccco2)/C1=C(/O)c1ccc2c(c1)OCCO2. The lowest BCUT2D eigenvalue weighted by molar-refractivity contribution is -0.132. The van der Waals surface area contributed by atoms with Crippen LogP contribution in [0.15, 0.2) is 64.8 Å². The van der Waals surface area contributed by atoms with Crippen LogP contribution in [0, 0.1) is 11.6 Å². The highest BCUT2D eigenvalue weighted by atomic mass is 19.2. The van der Waals surface area contributed by atoms with Crippen molar-refractivity contribution in [3.05, 3.63) is 83.3 Å². The van der Waals surface area contributed by atoms with Gasteiger partial charge in [0.15, 0.2) is 23.1 Å². The summed E-state index contributed by atoms with van der Waals surface area (Å²) in [5.41, 5.74) is -0.103. The van der Waals surface area contributed by atoms with Crippen LogP contribution in [-0.2, 0) is 9.59 Å². The van der Waals surface area contributed by atoms with E-state index in [0.717, 1.165) is 17.0 Å². The minimum Gasteiger partial charge on any atom is -0.507 e. The average Bonchev–Trinajstić information content (AvgIpc) is 3.42. The molecule has 0 bridgehead atoms. The first-order chi connectivity index (χ1) is 15.5. The summed E-state index contributed by atoms with van der Waals surface area (Å²) in [5, 5.41) is 11.1. The van der Waals surface area contributed by atoms with Crippen LogP contribution >= 0.6 is 0 Å². The molecule has 5 rings (SSSR count). The number of halogens is 2. The number of nitrogens with zero attached hydrogens (tertiary/aromatic N) is 1. The lowest BCUT2D eigenvalue weighted by atomic mass is 9.99. The number of hydrogen-bond donors (Lipinski definition) is 1. The number of carbonyl (C=O) groups is 2. The Morgan fingerprint density at radius 1 is 0.969 bits per heavy atom. The summed E-state index contributed by atoms with van der Waals surface area (Å²) < 4.78 is 43.8. The largest absolute Gasteiger partial charge is 0.507 e. The van der Waals surface area contributed by atoms with Crippen molar-refractivity contribution in [3.63, 3.8) is 0 Å². The van der Waals surface area contributed by atoms with Gasteiger partial charge in [0.05, 0.1) is 11.8 Å². The predicted octanol–water partition coefficient (Wildman–Crippen LogP) is 3.96. The number of anilines is 1. The fourth-order valence-corrected chi connectivity index (χ4v) is 3.80. The zero-order valence-corrected chi connectivity index (χ0v) is 16.4. The van der Waals surface area contributed by atoms with E-state index in [-0.39, 0.29) is 22.6 Å². The quantitative estimate of drug-likeness (QED) is 0.378. The van der Waals surface area contributed by atoms with E-state index >= 15 is 0 Å². The molecule has 1 unspecified atom stereocenters. The first kappa shape index (κ1) is 19.8. The highest BCUT2D eigenvalue weighted by molar-refractivity contribution is 6.51. The van der Waals surface area contributed by atoms with Gasteiger partial charge in [-0.3, -0.25) is 14.5 Å². The zero-order valence-electron chi connectivity index (χ0n) is 16.4. The molecule has 1 amide bonds. The third-order valence-corrected chi connectivity index (χ3v) is 5.25. The van der Waals surface area contributed by atoms with E-state index < -0.39 is 35.1 Å². The highest BCUT2D eigenvalue weighted by Gasteiger charge is 2.48. The van der Waals surface area contributed by atoms with Gasteiger partial charge in [0, 0.05) is 17.3 Å². The van der Waals surface area contributed by atoms with Crippen molar-refractivity contribution in [1.82, 2.24) is 0 Å². The Bertz CT molecular complexity index is 1270. The van der Waals surface area contributed by atoms with E-state index in [9.17, 15) is 23.5 Å². The van der Waals surface area contributed by atoms with Crippen molar-refractivity contribution in [1.29, 1.82) is 0 Å². The summed E-state index contributed by atoms with van der Waals surface area (Å²) in [6.45, 7) is 0.709. The molecule has 3 aromatic rings. The van der Waals surface area contributed by atoms with Crippen LogP contribution in [0.25, 0.3) is 5.76 Å². The van der Waals surface area contributed by atoms with Gasteiger partial charge < -0.3 is 19.0 Å². The van der Waals surface area contributed by atoms with Gasteiger partial charge >= 0.3 is 0 Å². The fourth-order valence-electron chi connectivity index (χ4n) is 3.80. The second-order valence-corrected chi connectivity index (χ2v) is 7.14. The molecular weight excluding hydrogens is 424 g/mol. The Morgan fingerprint density at radius 3 is 2.47 bits per heavy atom. The molecule has 1 atom stereocenters. The van der Waals surface area contributed by atoms with Gasteiger partial charge in [-0.05, 0) is 42.5 Å². The first-order valence-electron chi connectivity index (χ1n) is 9.65. The summed E-state index contributed by atoms with van der Waals surface area (Å²) in [7, 11) is 0. The van der Waals surface area contributed by atoms with E-state index in [1.165, 1.54) is 30.5 Å². The molecule has 1 fully saturated rings. The number of benzene rings is 2. The molecule has 2 aliphatic rings. The Labute approximate surface area is 180 Å². The molecule has 162 valence electrons. The molecule has 1 N–H and O–H groups in total. The Hall–Kier alpha value is -4.14. The molecule has 0 saturated carbocycles. The maximum Gasteiger partial charge on any atom is 0.300 e. The molecule has 32 heavy (non-hydrogen) atoms. The standard InChI is InChI=1S/C23H15F2NO6/c24-14-5-4-13(11-15(14)25)26-20(17-2-1-7-30-17)19(22(28)23(26)29)21(27)12-3-6-16-18(10-12)32-9-8-31-16/h1-7,10-11,20,27H,8-9H2/b21-19-. The number of ketones is 1. The normalized spacial score (nSPS) is 19.4. The monoisotopic (exact) mass is 439 g/mol. The van der Waals surface area contributed by atoms with Gasteiger partial charge in [0.2, 0.25) is 0 Å².